The van der Waals surface area contributed by atoms with Crippen LogP contribution in [0, 0.1) is 23.7 Å². The summed E-state index contributed by atoms with van der Waals surface area (Å²) >= 11 is 11.8. The van der Waals surface area contributed by atoms with Crippen molar-refractivity contribution in [2.75, 3.05) is 13.1 Å². The summed E-state index contributed by atoms with van der Waals surface area (Å²) in [6.07, 6.45) is 0.185. The van der Waals surface area contributed by atoms with Crippen LogP contribution in [0.4, 0.5) is 8.78 Å². The van der Waals surface area contributed by atoms with E-state index in [9.17, 15) is 13.6 Å². The number of amides is 1. The molecule has 0 aromatic heterocycles. The molecule has 2 nitrogen and oxygen atoms in total. The molecule has 1 heterocycles. The number of benzene rings is 2. The Morgan fingerprint density at radius 1 is 1.18 bits per heavy atom. The molecule has 2 aromatic carbocycles. The van der Waals surface area contributed by atoms with Crippen molar-refractivity contribution in [1.29, 1.82) is 0 Å². The highest BCUT2D eigenvalue weighted by Crippen LogP contribution is 2.38. The van der Waals surface area contributed by atoms with Gasteiger partial charge in [-0.25, -0.2) is 8.78 Å². The van der Waals surface area contributed by atoms with Gasteiger partial charge in [0.25, 0.3) is 11.8 Å². The van der Waals surface area contributed by atoms with Crippen molar-refractivity contribution in [2.45, 2.75) is 19.3 Å². The highest BCUT2D eigenvalue weighted by Gasteiger charge is 2.47. The van der Waals surface area contributed by atoms with Gasteiger partial charge >= 0.3 is 0 Å². The molecule has 6 heteroatoms. The molecule has 0 N–H and O–H groups in total. The third-order valence-electron chi connectivity index (χ3n) is 4.89. The summed E-state index contributed by atoms with van der Waals surface area (Å²) in [6.45, 7) is 1.34. The quantitative estimate of drug-likeness (QED) is 0.562. The molecule has 1 aliphatic rings. The zero-order valence-corrected chi connectivity index (χ0v) is 16.8. The molecule has 0 radical (unpaired) electrons. The second kappa shape index (κ2) is 8.51. The molecule has 0 spiro atoms. The number of likely N-dealkylation sites (tertiary alicyclic amines) is 1. The molecule has 2 aromatic rings. The molecule has 146 valence electrons. The van der Waals surface area contributed by atoms with Crippen LogP contribution in [-0.4, -0.2) is 29.8 Å². The highest BCUT2D eigenvalue weighted by molar-refractivity contribution is 6.31. The SMILES string of the molecule is CC(C#Cc1cccc(Cl)c1)C1CCN(C(=O)c2cccc(Cl)c2)CC1(F)F. The maximum absolute atomic E-state index is 14.8. The molecule has 0 bridgehead atoms. The minimum Gasteiger partial charge on any atom is -0.333 e. The first-order valence-electron chi connectivity index (χ1n) is 8.96. The average Bonchev–Trinajstić information content (AvgIpc) is 2.65. The Morgan fingerprint density at radius 3 is 2.50 bits per heavy atom. The minimum atomic E-state index is -3.02. The predicted octanol–water partition coefficient (Wildman–Crippen LogP) is 5.78. The van der Waals surface area contributed by atoms with Gasteiger partial charge in [-0.05, 0) is 42.8 Å². The van der Waals surface area contributed by atoms with E-state index >= 15 is 0 Å². The number of hydrogen-bond donors (Lipinski definition) is 0. The van der Waals surface area contributed by atoms with Crippen LogP contribution in [0.2, 0.25) is 10.0 Å². The Bertz CT molecular complexity index is 935. The summed E-state index contributed by atoms with van der Waals surface area (Å²) in [6, 6.07) is 13.3. The Kier molecular flexibility index (Phi) is 6.27. The third-order valence-corrected chi connectivity index (χ3v) is 5.36. The van der Waals surface area contributed by atoms with E-state index in [1.807, 2.05) is 0 Å². The molecule has 28 heavy (non-hydrogen) atoms. The van der Waals surface area contributed by atoms with Gasteiger partial charge < -0.3 is 4.90 Å². The van der Waals surface area contributed by atoms with Gasteiger partial charge in [0.2, 0.25) is 0 Å². The molecule has 1 aliphatic heterocycles. The van der Waals surface area contributed by atoms with E-state index in [1.54, 1.807) is 49.4 Å². The van der Waals surface area contributed by atoms with Gasteiger partial charge in [0, 0.05) is 39.6 Å². The van der Waals surface area contributed by atoms with Gasteiger partial charge in [0.05, 0.1) is 6.54 Å². The number of nitrogens with zero attached hydrogens (tertiary/aromatic N) is 1. The molecule has 3 rings (SSSR count). The Morgan fingerprint density at radius 2 is 1.86 bits per heavy atom. The fraction of sp³-hybridized carbons (Fsp3) is 0.318. The van der Waals surface area contributed by atoms with Gasteiger partial charge in [-0.15, -0.1) is 0 Å². The standard InChI is InChI=1S/C22H19Cl2F2NO/c1-15(8-9-16-4-2-6-18(23)12-16)20-10-11-27(14-22(20,25)26)21(28)17-5-3-7-19(24)13-17/h2-7,12-13,15,20H,10-11,14H2,1H3. The van der Waals surface area contributed by atoms with Crippen LogP contribution < -0.4 is 0 Å². The van der Waals surface area contributed by atoms with Gasteiger partial charge in [-0.3, -0.25) is 4.79 Å². The molecule has 1 fully saturated rings. The van der Waals surface area contributed by atoms with Crippen LogP contribution in [0.3, 0.4) is 0 Å². The molecule has 2 atom stereocenters. The molecule has 0 aliphatic carbocycles. The number of carbonyl (C=O) groups excluding carboxylic acids is 1. The van der Waals surface area contributed by atoms with E-state index < -0.39 is 30.2 Å². The van der Waals surface area contributed by atoms with Crippen molar-refractivity contribution in [3.63, 3.8) is 0 Å². The maximum Gasteiger partial charge on any atom is 0.269 e. The van der Waals surface area contributed by atoms with E-state index in [4.69, 9.17) is 23.2 Å². The van der Waals surface area contributed by atoms with E-state index in [0.29, 0.717) is 21.2 Å². The fourth-order valence-corrected chi connectivity index (χ4v) is 3.79. The van der Waals surface area contributed by atoms with E-state index in [0.717, 1.165) is 0 Å². The lowest BCUT2D eigenvalue weighted by molar-refractivity contribution is -0.112. The number of rotatable bonds is 2. The van der Waals surface area contributed by atoms with E-state index in [2.05, 4.69) is 11.8 Å². The lowest BCUT2D eigenvalue weighted by atomic mass is 9.82. The monoisotopic (exact) mass is 421 g/mol. The van der Waals surface area contributed by atoms with Crippen LogP contribution in [0.25, 0.3) is 0 Å². The van der Waals surface area contributed by atoms with Crippen LogP contribution in [-0.2, 0) is 0 Å². The molecule has 2 unspecified atom stereocenters. The topological polar surface area (TPSA) is 20.3 Å². The molecule has 1 saturated heterocycles. The lowest BCUT2D eigenvalue weighted by Gasteiger charge is -2.39. The molecular weight excluding hydrogens is 403 g/mol. The number of hydrogen-bond acceptors (Lipinski definition) is 1. The average molecular weight is 422 g/mol. The number of piperidine rings is 1. The Labute approximate surface area is 173 Å². The van der Waals surface area contributed by atoms with Crippen molar-refractivity contribution in [2.24, 2.45) is 11.8 Å². The molecular formula is C22H19Cl2F2NO. The van der Waals surface area contributed by atoms with Crippen molar-refractivity contribution in [3.05, 3.63) is 69.7 Å². The molecule has 1 amide bonds. The fourth-order valence-electron chi connectivity index (χ4n) is 3.41. The lowest BCUT2D eigenvalue weighted by Crippen LogP contribution is -2.52. The second-order valence-electron chi connectivity index (χ2n) is 6.96. The van der Waals surface area contributed by atoms with Crippen molar-refractivity contribution in [3.8, 4) is 11.8 Å². The second-order valence-corrected chi connectivity index (χ2v) is 7.83. The highest BCUT2D eigenvalue weighted by atomic mass is 35.5. The van der Waals surface area contributed by atoms with Crippen LogP contribution in [0.1, 0.15) is 29.3 Å². The molecule has 0 saturated carbocycles. The number of alkyl halides is 2. The maximum atomic E-state index is 14.8. The van der Waals surface area contributed by atoms with Gasteiger partial charge in [0.1, 0.15) is 0 Å². The summed E-state index contributed by atoms with van der Waals surface area (Å²) in [5, 5.41) is 0.954. The summed E-state index contributed by atoms with van der Waals surface area (Å²) in [5.74, 6) is 0.967. The smallest absolute Gasteiger partial charge is 0.269 e. The summed E-state index contributed by atoms with van der Waals surface area (Å²) in [4.78, 5) is 13.7. The Balaban J connectivity index is 1.70. The van der Waals surface area contributed by atoms with Crippen molar-refractivity contribution < 1.29 is 13.6 Å². The predicted molar refractivity (Wildman–Crippen MR) is 108 cm³/mol. The van der Waals surface area contributed by atoms with Crippen molar-refractivity contribution >= 4 is 29.1 Å². The minimum absolute atomic E-state index is 0.185. The third kappa shape index (κ3) is 4.84. The zero-order valence-electron chi connectivity index (χ0n) is 15.3. The van der Waals surface area contributed by atoms with Crippen LogP contribution >= 0.6 is 23.2 Å². The van der Waals surface area contributed by atoms with E-state index in [-0.39, 0.29) is 13.0 Å². The normalized spacial score (nSPS) is 19.5. The van der Waals surface area contributed by atoms with Gasteiger partial charge in [-0.2, -0.15) is 0 Å². The summed E-state index contributed by atoms with van der Waals surface area (Å²) < 4.78 is 29.6. The first-order chi connectivity index (χ1) is 13.3. The zero-order chi connectivity index (χ0) is 20.3. The van der Waals surface area contributed by atoms with Crippen LogP contribution in [0.5, 0.6) is 0 Å². The number of carbonyl (C=O) groups is 1. The first kappa shape index (κ1) is 20.6. The Hall–Kier alpha value is -2.09. The van der Waals surface area contributed by atoms with Gasteiger partial charge in [-0.1, -0.05) is 54.1 Å². The first-order valence-corrected chi connectivity index (χ1v) is 9.71. The van der Waals surface area contributed by atoms with Crippen molar-refractivity contribution in [1.82, 2.24) is 4.90 Å². The summed E-state index contributed by atoms with van der Waals surface area (Å²) in [7, 11) is 0. The van der Waals surface area contributed by atoms with Gasteiger partial charge in [0.15, 0.2) is 0 Å². The summed E-state index contributed by atoms with van der Waals surface area (Å²) in [5.41, 5.74) is 1.01. The van der Waals surface area contributed by atoms with E-state index in [1.165, 1.54) is 11.0 Å². The number of halogens is 4. The largest absolute Gasteiger partial charge is 0.333 e. The van der Waals surface area contributed by atoms with Crippen LogP contribution in [0.15, 0.2) is 48.5 Å².